The van der Waals surface area contributed by atoms with E-state index in [0.717, 1.165) is 17.3 Å². The zero-order valence-corrected chi connectivity index (χ0v) is 10.0. The summed E-state index contributed by atoms with van der Waals surface area (Å²) in [7, 11) is 0. The van der Waals surface area contributed by atoms with Gasteiger partial charge < -0.3 is 0 Å². The number of rotatable bonds is 6. The molecule has 0 bridgehead atoms. The van der Waals surface area contributed by atoms with E-state index in [4.69, 9.17) is 0 Å². The Morgan fingerprint density at radius 1 is 1.00 bits per heavy atom. The molecule has 2 rings (SSSR count). The van der Waals surface area contributed by atoms with Gasteiger partial charge in [0.25, 0.3) is 0 Å². The van der Waals surface area contributed by atoms with Gasteiger partial charge in [-0.1, -0.05) is 46.0 Å². The van der Waals surface area contributed by atoms with Crippen molar-refractivity contribution >= 4 is 0 Å². The average molecular weight is 194 g/mol. The third kappa shape index (κ3) is 2.52. The zero-order chi connectivity index (χ0) is 10.0. The van der Waals surface area contributed by atoms with Crippen molar-refractivity contribution < 1.29 is 0 Å². The minimum atomic E-state index is 0.764. The van der Waals surface area contributed by atoms with E-state index in [1.807, 2.05) is 0 Å². The molecule has 0 heterocycles. The van der Waals surface area contributed by atoms with Crippen LogP contribution in [0.15, 0.2) is 0 Å². The molecule has 14 heavy (non-hydrogen) atoms. The SMILES string of the molecule is CCCCCCCC1(C)CC2CC2C1. The van der Waals surface area contributed by atoms with Gasteiger partial charge in [-0.15, -0.1) is 0 Å². The molecule has 2 saturated carbocycles. The summed E-state index contributed by atoms with van der Waals surface area (Å²) in [6.07, 6.45) is 13.5. The lowest BCUT2D eigenvalue weighted by molar-refractivity contribution is 0.264. The molecule has 2 aliphatic carbocycles. The molecule has 2 aliphatic rings. The van der Waals surface area contributed by atoms with Crippen LogP contribution < -0.4 is 0 Å². The Labute approximate surface area is 89.5 Å². The molecule has 0 heteroatoms. The molecular weight excluding hydrogens is 168 g/mol. The second-order valence-electron chi connectivity index (χ2n) is 6.14. The van der Waals surface area contributed by atoms with Gasteiger partial charge in [-0.05, 0) is 42.9 Å². The smallest absolute Gasteiger partial charge is 0.0320 e. The van der Waals surface area contributed by atoms with Gasteiger partial charge >= 0.3 is 0 Å². The lowest BCUT2D eigenvalue weighted by atomic mass is 9.80. The van der Waals surface area contributed by atoms with Crippen molar-refractivity contribution in [2.75, 3.05) is 0 Å². The maximum atomic E-state index is 2.54. The van der Waals surface area contributed by atoms with Gasteiger partial charge in [0.15, 0.2) is 0 Å². The van der Waals surface area contributed by atoms with E-state index >= 15 is 0 Å². The van der Waals surface area contributed by atoms with Crippen LogP contribution in [0.4, 0.5) is 0 Å². The summed E-state index contributed by atoms with van der Waals surface area (Å²) < 4.78 is 0. The number of hydrogen-bond acceptors (Lipinski definition) is 0. The summed E-state index contributed by atoms with van der Waals surface area (Å²) in [6.45, 7) is 4.84. The predicted octanol–water partition coefficient (Wildman–Crippen LogP) is 4.78. The van der Waals surface area contributed by atoms with E-state index in [0.29, 0.717) is 0 Å². The second kappa shape index (κ2) is 4.24. The first-order valence-corrected chi connectivity index (χ1v) is 6.73. The van der Waals surface area contributed by atoms with Gasteiger partial charge in [0.2, 0.25) is 0 Å². The third-order valence-corrected chi connectivity index (χ3v) is 4.46. The maximum Gasteiger partial charge on any atom is -0.0320 e. The molecule has 0 aromatic heterocycles. The van der Waals surface area contributed by atoms with Crippen LogP contribution in [-0.2, 0) is 0 Å². The summed E-state index contributed by atoms with van der Waals surface area (Å²) in [6, 6.07) is 0. The fourth-order valence-corrected chi connectivity index (χ4v) is 3.52. The van der Waals surface area contributed by atoms with Crippen LogP contribution in [-0.4, -0.2) is 0 Å². The number of hydrogen-bond donors (Lipinski definition) is 0. The van der Waals surface area contributed by atoms with Crippen LogP contribution >= 0.6 is 0 Å². The molecule has 82 valence electrons. The highest BCUT2D eigenvalue weighted by molar-refractivity contribution is 5.01. The number of fused-ring (bicyclic) bond motifs is 1. The normalized spacial score (nSPS) is 39.9. The second-order valence-corrected chi connectivity index (χ2v) is 6.14. The fraction of sp³-hybridized carbons (Fsp3) is 1.00. The highest BCUT2D eigenvalue weighted by atomic mass is 14.6. The standard InChI is InChI=1S/C14H26/c1-3-4-5-6-7-8-14(2)10-12-9-13(12)11-14/h12-13H,3-11H2,1-2H3. The molecule has 2 atom stereocenters. The Morgan fingerprint density at radius 3 is 2.29 bits per heavy atom. The van der Waals surface area contributed by atoms with Crippen molar-refractivity contribution in [3.63, 3.8) is 0 Å². The summed E-state index contributed by atoms with van der Waals surface area (Å²) in [4.78, 5) is 0. The Balaban J connectivity index is 1.56. The van der Waals surface area contributed by atoms with Crippen LogP contribution in [0, 0.1) is 17.3 Å². The first kappa shape index (κ1) is 10.5. The summed E-state index contributed by atoms with van der Waals surface area (Å²) in [5.74, 6) is 2.33. The minimum absolute atomic E-state index is 0.764. The predicted molar refractivity (Wildman–Crippen MR) is 62.3 cm³/mol. The Kier molecular flexibility index (Phi) is 3.19. The molecular formula is C14H26. The van der Waals surface area contributed by atoms with Crippen LogP contribution in [0.1, 0.15) is 71.6 Å². The van der Waals surface area contributed by atoms with Crippen molar-refractivity contribution in [2.45, 2.75) is 71.6 Å². The van der Waals surface area contributed by atoms with Gasteiger partial charge in [-0.3, -0.25) is 0 Å². The van der Waals surface area contributed by atoms with Crippen molar-refractivity contribution in [2.24, 2.45) is 17.3 Å². The van der Waals surface area contributed by atoms with Crippen LogP contribution in [0.25, 0.3) is 0 Å². The van der Waals surface area contributed by atoms with E-state index in [9.17, 15) is 0 Å². The highest BCUT2D eigenvalue weighted by Crippen LogP contribution is 2.61. The van der Waals surface area contributed by atoms with E-state index in [1.54, 1.807) is 19.3 Å². The van der Waals surface area contributed by atoms with Gasteiger partial charge in [0, 0.05) is 0 Å². The van der Waals surface area contributed by atoms with Crippen LogP contribution in [0.5, 0.6) is 0 Å². The van der Waals surface area contributed by atoms with E-state index in [2.05, 4.69) is 13.8 Å². The van der Waals surface area contributed by atoms with Crippen LogP contribution in [0.2, 0.25) is 0 Å². The first-order chi connectivity index (χ1) is 6.73. The zero-order valence-electron chi connectivity index (χ0n) is 10.0. The molecule has 0 amide bonds. The average Bonchev–Trinajstić information content (AvgIpc) is 2.75. The highest BCUT2D eigenvalue weighted by Gasteiger charge is 2.50. The maximum absolute atomic E-state index is 2.54. The van der Waals surface area contributed by atoms with Crippen molar-refractivity contribution in [3.8, 4) is 0 Å². The quantitative estimate of drug-likeness (QED) is 0.534. The van der Waals surface area contributed by atoms with Gasteiger partial charge in [-0.2, -0.15) is 0 Å². The monoisotopic (exact) mass is 194 g/mol. The van der Waals surface area contributed by atoms with E-state index in [-0.39, 0.29) is 0 Å². The molecule has 0 aliphatic heterocycles. The molecule has 0 nitrogen and oxygen atoms in total. The molecule has 2 fully saturated rings. The van der Waals surface area contributed by atoms with Crippen molar-refractivity contribution in [3.05, 3.63) is 0 Å². The first-order valence-electron chi connectivity index (χ1n) is 6.73. The topological polar surface area (TPSA) is 0 Å². The molecule has 2 unspecified atom stereocenters. The largest absolute Gasteiger partial charge is 0.0654 e. The Hall–Kier alpha value is 0. The Morgan fingerprint density at radius 2 is 1.64 bits per heavy atom. The third-order valence-electron chi connectivity index (χ3n) is 4.46. The molecule has 0 aromatic carbocycles. The lowest BCUT2D eigenvalue weighted by Gasteiger charge is -2.25. The van der Waals surface area contributed by atoms with Gasteiger partial charge in [0.1, 0.15) is 0 Å². The molecule has 0 N–H and O–H groups in total. The Bertz CT molecular complexity index is 172. The summed E-state index contributed by atoms with van der Waals surface area (Å²) >= 11 is 0. The summed E-state index contributed by atoms with van der Waals surface area (Å²) in [5, 5.41) is 0. The fourth-order valence-electron chi connectivity index (χ4n) is 3.52. The lowest BCUT2D eigenvalue weighted by Crippen LogP contribution is -2.13. The van der Waals surface area contributed by atoms with E-state index < -0.39 is 0 Å². The van der Waals surface area contributed by atoms with Crippen molar-refractivity contribution in [1.29, 1.82) is 0 Å². The van der Waals surface area contributed by atoms with Crippen LogP contribution in [0.3, 0.4) is 0 Å². The summed E-state index contributed by atoms with van der Waals surface area (Å²) in [5.41, 5.74) is 0.764. The van der Waals surface area contributed by atoms with Crippen molar-refractivity contribution in [1.82, 2.24) is 0 Å². The minimum Gasteiger partial charge on any atom is -0.0654 e. The van der Waals surface area contributed by atoms with E-state index in [1.165, 1.54) is 38.5 Å². The van der Waals surface area contributed by atoms with Gasteiger partial charge in [-0.25, -0.2) is 0 Å². The molecule has 0 saturated heterocycles. The molecule has 0 aromatic rings. The van der Waals surface area contributed by atoms with Gasteiger partial charge in [0.05, 0.1) is 0 Å². The number of unbranched alkanes of at least 4 members (excludes halogenated alkanes) is 4. The molecule has 0 radical (unpaired) electrons. The molecule has 0 spiro atoms.